The van der Waals surface area contributed by atoms with Gasteiger partial charge in [-0.15, -0.1) is 0 Å². The van der Waals surface area contributed by atoms with Crippen LogP contribution >= 0.6 is 0 Å². The number of rotatable bonds is 8. The van der Waals surface area contributed by atoms with Crippen LogP contribution in [-0.4, -0.2) is 48.8 Å². The van der Waals surface area contributed by atoms with Crippen molar-refractivity contribution in [3.63, 3.8) is 0 Å². The van der Waals surface area contributed by atoms with Crippen LogP contribution in [0.3, 0.4) is 0 Å². The molecule has 1 heterocycles. The molecule has 9 nitrogen and oxygen atoms in total. The van der Waals surface area contributed by atoms with Gasteiger partial charge in [0.2, 0.25) is 0 Å². The second-order valence-electron chi connectivity index (χ2n) is 7.30. The van der Waals surface area contributed by atoms with Gasteiger partial charge in [0.05, 0.1) is 0 Å². The Balaban J connectivity index is 1.55. The summed E-state index contributed by atoms with van der Waals surface area (Å²) in [7, 11) is -3.90. The Labute approximate surface area is 181 Å². The molecule has 166 valence electrons. The van der Waals surface area contributed by atoms with E-state index in [9.17, 15) is 18.0 Å². The molecule has 3 N–H and O–H groups in total. The first-order valence-electron chi connectivity index (χ1n) is 9.88. The predicted octanol–water partition coefficient (Wildman–Crippen LogP) is 2.10. The Kier molecular flexibility index (Phi) is 7.39. The molecule has 1 atom stereocenters. The number of carbonyl (C=O) groups excluding carboxylic acids is 2. The first kappa shape index (κ1) is 22.9. The topological polar surface area (TPSA) is 125 Å². The zero-order valence-corrected chi connectivity index (χ0v) is 17.8. The van der Waals surface area contributed by atoms with E-state index < -0.39 is 22.2 Å². The minimum Gasteiger partial charge on any atom is -0.457 e. The predicted molar refractivity (Wildman–Crippen MR) is 113 cm³/mol. The number of piperidine rings is 1. The number of para-hydroxylation sites is 1. The summed E-state index contributed by atoms with van der Waals surface area (Å²) in [6, 6.07) is 15.1. The third kappa shape index (κ3) is 5.88. The van der Waals surface area contributed by atoms with Gasteiger partial charge in [0, 0.05) is 24.6 Å². The lowest BCUT2D eigenvalue weighted by Gasteiger charge is -2.31. The second kappa shape index (κ2) is 10.0. The lowest BCUT2D eigenvalue weighted by molar-refractivity contribution is -0.130. The van der Waals surface area contributed by atoms with Gasteiger partial charge in [0.25, 0.3) is 16.1 Å². The van der Waals surface area contributed by atoms with Gasteiger partial charge >= 0.3 is 0 Å². The third-order valence-electron chi connectivity index (χ3n) is 5.11. The molecule has 0 saturated carbocycles. The third-order valence-corrected chi connectivity index (χ3v) is 6.81. The number of nitrogens with zero attached hydrogens (tertiary/aromatic N) is 1. The van der Waals surface area contributed by atoms with Crippen LogP contribution in [0.5, 0.6) is 11.5 Å². The molecular weight excluding hydrogens is 422 g/mol. The quantitative estimate of drug-likeness (QED) is 0.323. The Morgan fingerprint density at radius 2 is 1.61 bits per heavy atom. The first-order valence-corrected chi connectivity index (χ1v) is 11.3. The van der Waals surface area contributed by atoms with Crippen LogP contribution in [0, 0.1) is 5.92 Å². The normalized spacial score (nSPS) is 16.5. The minimum atomic E-state index is -3.90. The number of amides is 1. The van der Waals surface area contributed by atoms with Gasteiger partial charge < -0.3 is 4.74 Å². The fraction of sp³-hybridized carbons (Fsp3) is 0.333. The fourth-order valence-electron chi connectivity index (χ4n) is 3.35. The van der Waals surface area contributed by atoms with Crippen molar-refractivity contribution in [1.82, 2.24) is 14.5 Å². The molecular formula is C21H25N3O6S. The average molecular weight is 448 g/mol. The number of hydrogen-bond acceptors (Lipinski definition) is 6. The number of ether oxygens (including phenoxy) is 1. The highest BCUT2D eigenvalue weighted by atomic mass is 32.2. The van der Waals surface area contributed by atoms with E-state index in [2.05, 4.69) is 4.72 Å². The van der Waals surface area contributed by atoms with Gasteiger partial charge in [-0.3, -0.25) is 14.8 Å². The van der Waals surface area contributed by atoms with Crippen molar-refractivity contribution in [2.24, 2.45) is 5.92 Å². The Bertz CT molecular complexity index is 1000. The van der Waals surface area contributed by atoms with Crippen molar-refractivity contribution >= 4 is 21.9 Å². The van der Waals surface area contributed by atoms with E-state index in [0.717, 1.165) is 0 Å². The lowest BCUT2D eigenvalue weighted by Crippen LogP contribution is -2.51. The molecule has 1 aliphatic rings. The summed E-state index contributed by atoms with van der Waals surface area (Å²) >= 11 is 0. The van der Waals surface area contributed by atoms with Crippen LogP contribution in [0.25, 0.3) is 0 Å². The van der Waals surface area contributed by atoms with Crippen LogP contribution in [0.4, 0.5) is 0 Å². The van der Waals surface area contributed by atoms with E-state index in [1.165, 1.54) is 16.7 Å². The summed E-state index contributed by atoms with van der Waals surface area (Å²) in [6.45, 7) is 1.65. The summed E-state index contributed by atoms with van der Waals surface area (Å²) in [5.41, 5.74) is 1.96. The molecule has 0 radical (unpaired) electrons. The van der Waals surface area contributed by atoms with Crippen LogP contribution in [0.1, 0.15) is 30.1 Å². The second-order valence-corrected chi connectivity index (χ2v) is 9.00. The summed E-state index contributed by atoms with van der Waals surface area (Å²) in [6.07, 6.45) is 0.755. The van der Waals surface area contributed by atoms with Crippen molar-refractivity contribution in [2.75, 3.05) is 13.1 Å². The lowest BCUT2D eigenvalue weighted by atomic mass is 9.89. The van der Waals surface area contributed by atoms with Gasteiger partial charge in [-0.2, -0.15) is 17.4 Å². The zero-order chi connectivity index (χ0) is 22.4. The van der Waals surface area contributed by atoms with E-state index in [0.29, 0.717) is 29.9 Å². The molecule has 0 aliphatic carbocycles. The Morgan fingerprint density at radius 3 is 2.19 bits per heavy atom. The molecule has 2 aromatic carbocycles. The molecule has 3 rings (SSSR count). The smallest absolute Gasteiger partial charge is 0.280 e. The Hall–Kier alpha value is -2.79. The number of hydroxylamine groups is 1. The Morgan fingerprint density at radius 1 is 1.03 bits per heavy atom. The first-order chi connectivity index (χ1) is 14.8. The molecule has 1 aliphatic heterocycles. The maximum atomic E-state index is 12.8. The van der Waals surface area contributed by atoms with Crippen molar-refractivity contribution in [1.29, 1.82) is 0 Å². The minimum absolute atomic E-state index is 0.0377. The van der Waals surface area contributed by atoms with E-state index in [4.69, 9.17) is 9.94 Å². The van der Waals surface area contributed by atoms with Crippen LogP contribution in [0.2, 0.25) is 0 Å². The largest absolute Gasteiger partial charge is 0.457 e. The van der Waals surface area contributed by atoms with Gasteiger partial charge in [0.1, 0.15) is 17.5 Å². The van der Waals surface area contributed by atoms with E-state index in [1.807, 2.05) is 30.3 Å². The van der Waals surface area contributed by atoms with Crippen molar-refractivity contribution in [3.8, 4) is 11.5 Å². The highest BCUT2D eigenvalue weighted by molar-refractivity contribution is 7.87. The SMILES string of the molecule is C[C@@H](NS(=O)(=O)N1CCC(C(=O)c2ccc(Oc3ccccc3)cc2)CC1)C(=O)NO. The molecule has 0 unspecified atom stereocenters. The molecule has 31 heavy (non-hydrogen) atoms. The summed E-state index contributed by atoms with van der Waals surface area (Å²) in [5.74, 6) is 0.147. The van der Waals surface area contributed by atoms with E-state index in [-0.39, 0.29) is 24.8 Å². The van der Waals surface area contributed by atoms with E-state index in [1.54, 1.807) is 24.3 Å². The summed E-state index contributed by atoms with van der Waals surface area (Å²) in [4.78, 5) is 24.2. The van der Waals surface area contributed by atoms with Gasteiger partial charge in [-0.1, -0.05) is 18.2 Å². The number of Topliss-reactive ketones (excluding diaryl/α,β-unsaturated/α-hetero) is 1. The molecule has 0 spiro atoms. The van der Waals surface area contributed by atoms with Crippen molar-refractivity contribution < 1.29 is 28.0 Å². The number of nitrogens with one attached hydrogen (secondary N) is 2. The molecule has 0 aromatic heterocycles. The maximum Gasteiger partial charge on any atom is 0.280 e. The monoisotopic (exact) mass is 447 g/mol. The number of benzene rings is 2. The standard InChI is InChI=1S/C21H25N3O6S/c1-15(21(26)22-27)23-31(28,29)24-13-11-17(12-14-24)20(25)16-7-9-19(10-8-16)30-18-5-3-2-4-6-18/h2-10,15,17,23,27H,11-14H2,1H3,(H,22,26)/t15-/m1/s1. The van der Waals surface area contributed by atoms with Crippen LogP contribution < -0.4 is 14.9 Å². The van der Waals surface area contributed by atoms with Crippen molar-refractivity contribution in [3.05, 3.63) is 60.2 Å². The molecule has 1 amide bonds. The maximum absolute atomic E-state index is 12.8. The van der Waals surface area contributed by atoms with Crippen LogP contribution in [0.15, 0.2) is 54.6 Å². The van der Waals surface area contributed by atoms with Gasteiger partial charge in [0.15, 0.2) is 5.78 Å². The summed E-state index contributed by atoms with van der Waals surface area (Å²) < 4.78 is 33.9. The van der Waals surface area contributed by atoms with Gasteiger partial charge in [-0.05, 0) is 56.2 Å². The fourth-order valence-corrected chi connectivity index (χ4v) is 4.75. The van der Waals surface area contributed by atoms with E-state index >= 15 is 0 Å². The molecule has 2 aromatic rings. The number of hydrogen-bond donors (Lipinski definition) is 3. The molecule has 1 saturated heterocycles. The summed E-state index contributed by atoms with van der Waals surface area (Å²) in [5, 5.41) is 8.61. The number of ketones is 1. The van der Waals surface area contributed by atoms with Gasteiger partial charge in [-0.25, -0.2) is 5.48 Å². The number of carbonyl (C=O) groups is 2. The average Bonchev–Trinajstić information content (AvgIpc) is 2.79. The molecule has 1 fully saturated rings. The van der Waals surface area contributed by atoms with Crippen LogP contribution in [-0.2, 0) is 15.0 Å². The highest BCUT2D eigenvalue weighted by Crippen LogP contribution is 2.26. The highest BCUT2D eigenvalue weighted by Gasteiger charge is 2.33. The molecule has 0 bridgehead atoms. The van der Waals surface area contributed by atoms with Crippen molar-refractivity contribution in [2.45, 2.75) is 25.8 Å². The zero-order valence-electron chi connectivity index (χ0n) is 17.0. The molecule has 10 heteroatoms.